The first-order valence-corrected chi connectivity index (χ1v) is 8.97. The van der Waals surface area contributed by atoms with Crippen LogP contribution in [0.2, 0.25) is 0 Å². The highest BCUT2D eigenvalue weighted by Gasteiger charge is 2.23. The van der Waals surface area contributed by atoms with Gasteiger partial charge in [-0.25, -0.2) is 0 Å². The third-order valence-electron chi connectivity index (χ3n) is 5.14. The minimum atomic E-state index is 0.717. The number of allylic oxidation sites excluding steroid dienone is 3. The Morgan fingerprint density at radius 3 is 2.44 bits per heavy atom. The van der Waals surface area contributed by atoms with Crippen molar-refractivity contribution in [2.24, 2.45) is 5.92 Å². The van der Waals surface area contributed by atoms with Crippen molar-refractivity contribution in [3.05, 3.63) is 108 Å². The minimum Gasteiger partial charge on any atom is -0.355 e. The first-order chi connectivity index (χ1) is 12.2. The van der Waals surface area contributed by atoms with Gasteiger partial charge in [-0.15, -0.1) is 0 Å². The highest BCUT2D eigenvalue weighted by Crippen LogP contribution is 2.41. The van der Waals surface area contributed by atoms with Crippen LogP contribution >= 0.6 is 0 Å². The second-order valence-corrected chi connectivity index (χ2v) is 6.84. The van der Waals surface area contributed by atoms with Gasteiger partial charge < -0.3 is 5.32 Å². The molecule has 1 heterocycles. The topological polar surface area (TPSA) is 12.0 Å². The van der Waals surface area contributed by atoms with Crippen LogP contribution in [0.15, 0.2) is 96.8 Å². The monoisotopic (exact) mass is 325 g/mol. The van der Waals surface area contributed by atoms with Gasteiger partial charge in [0.25, 0.3) is 0 Å². The third-order valence-corrected chi connectivity index (χ3v) is 5.14. The number of para-hydroxylation sites is 1. The van der Waals surface area contributed by atoms with E-state index in [9.17, 15) is 0 Å². The number of fused-ring (bicyclic) bond motifs is 1. The molecule has 2 aliphatic rings. The maximum atomic E-state index is 4.36. The normalized spacial score (nSPS) is 17.2. The largest absolute Gasteiger partial charge is 0.355 e. The van der Waals surface area contributed by atoms with Crippen LogP contribution in [0.5, 0.6) is 0 Å². The molecule has 1 fully saturated rings. The van der Waals surface area contributed by atoms with Crippen LogP contribution in [0.1, 0.15) is 30.4 Å². The molecule has 0 saturated heterocycles. The molecule has 1 N–H and O–H groups in total. The van der Waals surface area contributed by atoms with Crippen molar-refractivity contribution in [3.8, 4) is 0 Å². The van der Waals surface area contributed by atoms with Gasteiger partial charge in [-0.05, 0) is 36.0 Å². The molecule has 4 rings (SSSR count). The van der Waals surface area contributed by atoms with Crippen LogP contribution in [-0.4, -0.2) is 0 Å². The summed E-state index contributed by atoms with van der Waals surface area (Å²) in [5, 5.41) is 3.46. The van der Waals surface area contributed by atoms with E-state index in [2.05, 4.69) is 85.2 Å². The number of hydrogen-bond donors (Lipinski definition) is 1. The van der Waals surface area contributed by atoms with Crippen LogP contribution < -0.4 is 5.32 Å². The van der Waals surface area contributed by atoms with Gasteiger partial charge in [-0.2, -0.15) is 0 Å². The summed E-state index contributed by atoms with van der Waals surface area (Å²) in [5.41, 5.74) is 7.77. The van der Waals surface area contributed by atoms with Gasteiger partial charge in [-0.3, -0.25) is 0 Å². The number of anilines is 1. The molecule has 0 amide bonds. The second-order valence-electron chi connectivity index (χ2n) is 6.84. The van der Waals surface area contributed by atoms with E-state index < -0.39 is 0 Å². The van der Waals surface area contributed by atoms with E-state index in [0.29, 0.717) is 0 Å². The average molecular weight is 325 g/mol. The van der Waals surface area contributed by atoms with E-state index in [4.69, 9.17) is 0 Å². The van der Waals surface area contributed by atoms with Crippen molar-refractivity contribution in [1.29, 1.82) is 0 Å². The lowest BCUT2D eigenvalue weighted by Crippen LogP contribution is -2.13. The van der Waals surface area contributed by atoms with Gasteiger partial charge in [0.1, 0.15) is 0 Å². The smallest absolute Gasteiger partial charge is 0.0464 e. The molecule has 124 valence electrons. The first kappa shape index (κ1) is 15.7. The summed E-state index contributed by atoms with van der Waals surface area (Å²) in [6, 6.07) is 19.0. The van der Waals surface area contributed by atoms with E-state index in [1.807, 2.05) is 0 Å². The molecular formula is C24H23N. The molecule has 0 radical (unpaired) electrons. The first-order valence-electron chi connectivity index (χ1n) is 8.97. The molecular weight excluding hydrogens is 302 g/mol. The molecule has 25 heavy (non-hydrogen) atoms. The fourth-order valence-electron chi connectivity index (χ4n) is 3.55. The van der Waals surface area contributed by atoms with Crippen LogP contribution in [0.3, 0.4) is 0 Å². The van der Waals surface area contributed by atoms with Crippen molar-refractivity contribution in [2.75, 3.05) is 5.32 Å². The van der Waals surface area contributed by atoms with E-state index in [0.717, 1.165) is 28.4 Å². The molecule has 0 aromatic heterocycles. The summed E-state index contributed by atoms with van der Waals surface area (Å²) >= 11 is 0. The molecule has 2 aromatic rings. The molecule has 1 heteroatoms. The van der Waals surface area contributed by atoms with Gasteiger partial charge in [-0.1, -0.05) is 80.3 Å². The zero-order chi connectivity index (χ0) is 17.2. The summed E-state index contributed by atoms with van der Waals surface area (Å²) in [6.45, 7) is 8.65. The Morgan fingerprint density at radius 2 is 1.72 bits per heavy atom. The van der Waals surface area contributed by atoms with Crippen LogP contribution in [-0.2, 0) is 0 Å². The second kappa shape index (κ2) is 6.60. The SMILES string of the molecule is C=C(/C=C/C1CCC1)C1=C(c2ccccc2)c2ccccc2NC1=C. The van der Waals surface area contributed by atoms with Crippen LogP contribution in [0.4, 0.5) is 5.69 Å². The number of benzene rings is 2. The summed E-state index contributed by atoms with van der Waals surface area (Å²) in [5.74, 6) is 0.717. The predicted molar refractivity (Wildman–Crippen MR) is 107 cm³/mol. The zero-order valence-electron chi connectivity index (χ0n) is 14.5. The molecule has 0 unspecified atom stereocenters. The molecule has 1 saturated carbocycles. The average Bonchev–Trinajstić information content (AvgIpc) is 2.59. The summed E-state index contributed by atoms with van der Waals surface area (Å²) < 4.78 is 0. The highest BCUT2D eigenvalue weighted by molar-refractivity contribution is 5.96. The zero-order valence-corrected chi connectivity index (χ0v) is 14.5. The van der Waals surface area contributed by atoms with Crippen molar-refractivity contribution >= 4 is 11.3 Å². The predicted octanol–water partition coefficient (Wildman–Crippen LogP) is 6.34. The summed E-state index contributed by atoms with van der Waals surface area (Å²) in [6.07, 6.45) is 8.45. The molecule has 0 atom stereocenters. The molecule has 1 aliphatic heterocycles. The van der Waals surface area contributed by atoms with Crippen molar-refractivity contribution in [2.45, 2.75) is 19.3 Å². The lowest BCUT2D eigenvalue weighted by molar-refractivity contribution is 0.388. The lowest BCUT2D eigenvalue weighted by atomic mass is 9.82. The van der Waals surface area contributed by atoms with Crippen LogP contribution in [0.25, 0.3) is 5.57 Å². The molecule has 2 aromatic carbocycles. The van der Waals surface area contributed by atoms with Gasteiger partial charge >= 0.3 is 0 Å². The van der Waals surface area contributed by atoms with E-state index in [1.54, 1.807) is 0 Å². The van der Waals surface area contributed by atoms with Crippen LogP contribution in [0, 0.1) is 5.92 Å². The maximum absolute atomic E-state index is 4.36. The number of hydrogen-bond acceptors (Lipinski definition) is 1. The third kappa shape index (κ3) is 2.98. The summed E-state index contributed by atoms with van der Waals surface area (Å²) in [7, 11) is 0. The Bertz CT molecular complexity index is 879. The fraction of sp³-hybridized carbons (Fsp3) is 0.167. The molecule has 1 aliphatic carbocycles. The summed E-state index contributed by atoms with van der Waals surface area (Å²) in [4.78, 5) is 0. The number of rotatable bonds is 4. The van der Waals surface area contributed by atoms with Gasteiger partial charge in [0, 0.05) is 28.1 Å². The van der Waals surface area contributed by atoms with Crippen molar-refractivity contribution < 1.29 is 0 Å². The maximum Gasteiger partial charge on any atom is 0.0464 e. The van der Waals surface area contributed by atoms with E-state index >= 15 is 0 Å². The molecule has 1 nitrogen and oxygen atoms in total. The molecule has 0 spiro atoms. The Balaban J connectivity index is 1.85. The van der Waals surface area contributed by atoms with Crippen molar-refractivity contribution in [3.63, 3.8) is 0 Å². The van der Waals surface area contributed by atoms with Gasteiger partial charge in [0.05, 0.1) is 0 Å². The Hall–Kier alpha value is -2.80. The Labute approximate surface area is 150 Å². The Kier molecular flexibility index (Phi) is 4.15. The Morgan fingerprint density at radius 1 is 1.00 bits per heavy atom. The van der Waals surface area contributed by atoms with Gasteiger partial charge in [0.15, 0.2) is 0 Å². The van der Waals surface area contributed by atoms with E-state index in [-0.39, 0.29) is 0 Å². The minimum absolute atomic E-state index is 0.717. The fourth-order valence-corrected chi connectivity index (χ4v) is 3.55. The highest BCUT2D eigenvalue weighted by atomic mass is 14.9. The lowest BCUT2D eigenvalue weighted by Gasteiger charge is -2.28. The quantitative estimate of drug-likeness (QED) is 0.647. The standard InChI is InChI=1S/C24H23N/c1-17(15-16-19-9-8-10-19)23-18(2)25-22-14-7-6-13-21(22)24(23)20-11-4-3-5-12-20/h3-7,11-16,19,25H,1-2,8-10H2/b16-15+. The van der Waals surface area contributed by atoms with Gasteiger partial charge in [0.2, 0.25) is 0 Å². The van der Waals surface area contributed by atoms with E-state index in [1.165, 1.54) is 36.0 Å². The van der Waals surface area contributed by atoms with Crippen molar-refractivity contribution in [1.82, 2.24) is 0 Å². The molecule has 0 bridgehead atoms. The number of nitrogens with one attached hydrogen (secondary N) is 1.